The molecule has 0 saturated carbocycles. The van der Waals surface area contributed by atoms with Crippen LogP contribution in [0.3, 0.4) is 0 Å². The van der Waals surface area contributed by atoms with Crippen molar-refractivity contribution in [2.45, 2.75) is 32.2 Å². The van der Waals surface area contributed by atoms with Gasteiger partial charge in [-0.15, -0.1) is 22.9 Å². The zero-order valence-electron chi connectivity index (χ0n) is 8.63. The van der Waals surface area contributed by atoms with E-state index in [0.29, 0.717) is 6.04 Å². The van der Waals surface area contributed by atoms with Gasteiger partial charge in [0.1, 0.15) is 0 Å². The van der Waals surface area contributed by atoms with Crippen LogP contribution in [-0.4, -0.2) is 18.5 Å². The first-order valence-corrected chi connectivity index (χ1v) is 6.56. The highest BCUT2D eigenvalue weighted by atomic mass is 35.5. The summed E-state index contributed by atoms with van der Waals surface area (Å²) >= 11 is 7.47. The van der Waals surface area contributed by atoms with E-state index in [4.69, 9.17) is 11.6 Å². The minimum atomic E-state index is 0.591. The molecule has 0 fully saturated rings. The Labute approximate surface area is 95.5 Å². The lowest BCUT2D eigenvalue weighted by atomic mass is 10.2. The van der Waals surface area contributed by atoms with Gasteiger partial charge >= 0.3 is 0 Å². The summed E-state index contributed by atoms with van der Waals surface area (Å²) in [6.45, 7) is 3.30. The zero-order chi connectivity index (χ0) is 10.2. The number of halogens is 1. The molecule has 0 amide bonds. The topological polar surface area (TPSA) is 12.0 Å². The molecule has 1 unspecified atom stereocenters. The van der Waals surface area contributed by atoms with Crippen LogP contribution in [0.25, 0.3) is 0 Å². The molecular weight excluding hydrogens is 214 g/mol. The summed E-state index contributed by atoms with van der Waals surface area (Å²) in [5, 5.41) is 5.63. The average Bonchev–Trinajstić information content (AvgIpc) is 2.67. The van der Waals surface area contributed by atoms with Crippen molar-refractivity contribution in [2.24, 2.45) is 0 Å². The molecule has 1 aromatic rings. The van der Waals surface area contributed by atoms with Gasteiger partial charge in [0, 0.05) is 23.3 Å². The normalized spacial score (nSPS) is 13.0. The van der Waals surface area contributed by atoms with Gasteiger partial charge in [0.15, 0.2) is 0 Å². The van der Waals surface area contributed by atoms with Crippen molar-refractivity contribution in [2.75, 3.05) is 12.4 Å². The van der Waals surface area contributed by atoms with E-state index in [1.807, 2.05) is 11.3 Å². The van der Waals surface area contributed by atoms with Gasteiger partial charge < -0.3 is 5.32 Å². The molecule has 1 aromatic heterocycles. The highest BCUT2D eigenvalue weighted by Crippen LogP contribution is 2.08. The van der Waals surface area contributed by atoms with E-state index in [0.717, 1.165) is 25.3 Å². The molecule has 0 saturated heterocycles. The summed E-state index contributed by atoms with van der Waals surface area (Å²) in [7, 11) is 0. The maximum atomic E-state index is 5.63. The van der Waals surface area contributed by atoms with E-state index < -0.39 is 0 Å². The highest BCUT2D eigenvalue weighted by Gasteiger charge is 2.00. The number of thiophene rings is 1. The van der Waals surface area contributed by atoms with Gasteiger partial charge in [0.2, 0.25) is 0 Å². The van der Waals surface area contributed by atoms with Gasteiger partial charge in [-0.2, -0.15) is 0 Å². The predicted octanol–water partition coefficient (Wildman–Crippen LogP) is 3.29. The maximum Gasteiger partial charge on any atom is 0.0224 e. The van der Waals surface area contributed by atoms with E-state index >= 15 is 0 Å². The lowest BCUT2D eigenvalue weighted by molar-refractivity contribution is 0.514. The van der Waals surface area contributed by atoms with Gasteiger partial charge in [-0.1, -0.05) is 6.07 Å². The van der Waals surface area contributed by atoms with Crippen LogP contribution >= 0.6 is 22.9 Å². The van der Waals surface area contributed by atoms with Crippen molar-refractivity contribution >= 4 is 22.9 Å². The molecular formula is C11H18ClNS. The van der Waals surface area contributed by atoms with Crippen molar-refractivity contribution in [3.05, 3.63) is 22.4 Å². The Bertz CT molecular complexity index is 223. The van der Waals surface area contributed by atoms with E-state index in [9.17, 15) is 0 Å². The Hall–Kier alpha value is -0.0500. The summed E-state index contributed by atoms with van der Waals surface area (Å²) in [4.78, 5) is 1.46. The van der Waals surface area contributed by atoms with Crippen LogP contribution < -0.4 is 5.32 Å². The van der Waals surface area contributed by atoms with E-state index in [1.54, 1.807) is 0 Å². The first kappa shape index (κ1) is 12.0. The van der Waals surface area contributed by atoms with Gasteiger partial charge in [0.25, 0.3) is 0 Å². The molecule has 1 rings (SSSR count). The SMILES string of the molecule is CC(CCCCl)NCCc1cccs1. The molecule has 0 radical (unpaired) electrons. The molecule has 0 bridgehead atoms. The molecule has 1 nitrogen and oxygen atoms in total. The molecule has 80 valence electrons. The zero-order valence-corrected chi connectivity index (χ0v) is 10.2. The van der Waals surface area contributed by atoms with Crippen molar-refractivity contribution in [1.29, 1.82) is 0 Å². The molecule has 0 aliphatic carbocycles. The smallest absolute Gasteiger partial charge is 0.0224 e. The Morgan fingerprint density at radius 2 is 2.43 bits per heavy atom. The summed E-state index contributed by atoms with van der Waals surface area (Å²) in [5.41, 5.74) is 0. The lowest BCUT2D eigenvalue weighted by Crippen LogP contribution is -2.27. The molecule has 0 aliphatic heterocycles. The fraction of sp³-hybridized carbons (Fsp3) is 0.636. The summed E-state index contributed by atoms with van der Waals surface area (Å²) < 4.78 is 0. The first-order valence-electron chi connectivity index (χ1n) is 5.14. The molecule has 14 heavy (non-hydrogen) atoms. The van der Waals surface area contributed by atoms with Crippen molar-refractivity contribution in [1.82, 2.24) is 5.32 Å². The van der Waals surface area contributed by atoms with Crippen molar-refractivity contribution in [3.63, 3.8) is 0 Å². The summed E-state index contributed by atoms with van der Waals surface area (Å²) in [5.74, 6) is 0.775. The van der Waals surface area contributed by atoms with Crippen LogP contribution in [0.5, 0.6) is 0 Å². The van der Waals surface area contributed by atoms with E-state index in [2.05, 4.69) is 29.8 Å². The second-order valence-electron chi connectivity index (χ2n) is 3.52. The van der Waals surface area contributed by atoms with Crippen molar-refractivity contribution in [3.8, 4) is 0 Å². The Morgan fingerprint density at radius 1 is 1.57 bits per heavy atom. The molecule has 0 aliphatic rings. The maximum absolute atomic E-state index is 5.63. The van der Waals surface area contributed by atoms with Crippen LogP contribution in [-0.2, 0) is 6.42 Å². The second-order valence-corrected chi connectivity index (χ2v) is 4.93. The van der Waals surface area contributed by atoms with E-state index in [-0.39, 0.29) is 0 Å². The molecule has 0 spiro atoms. The van der Waals surface area contributed by atoms with Crippen molar-refractivity contribution < 1.29 is 0 Å². The van der Waals surface area contributed by atoms with Crippen LogP contribution in [0, 0.1) is 0 Å². The molecule has 0 aromatic carbocycles. The minimum Gasteiger partial charge on any atom is -0.314 e. The number of rotatable bonds is 7. The Kier molecular flexibility index (Phi) is 6.24. The van der Waals surface area contributed by atoms with Gasteiger partial charge in [-0.05, 0) is 37.6 Å². The van der Waals surface area contributed by atoms with E-state index in [1.165, 1.54) is 11.3 Å². The van der Waals surface area contributed by atoms with Crippen LogP contribution in [0.1, 0.15) is 24.6 Å². The first-order chi connectivity index (χ1) is 6.83. The van der Waals surface area contributed by atoms with Crippen LogP contribution in [0.2, 0.25) is 0 Å². The van der Waals surface area contributed by atoms with Gasteiger partial charge in [-0.25, -0.2) is 0 Å². The predicted molar refractivity (Wildman–Crippen MR) is 65.4 cm³/mol. The minimum absolute atomic E-state index is 0.591. The highest BCUT2D eigenvalue weighted by molar-refractivity contribution is 7.09. The largest absolute Gasteiger partial charge is 0.314 e. The van der Waals surface area contributed by atoms with Gasteiger partial charge in [0.05, 0.1) is 0 Å². The average molecular weight is 232 g/mol. The third kappa shape index (κ3) is 4.99. The van der Waals surface area contributed by atoms with Crippen LogP contribution in [0.15, 0.2) is 17.5 Å². The Morgan fingerprint density at radius 3 is 3.07 bits per heavy atom. The number of alkyl halides is 1. The summed E-state index contributed by atoms with van der Waals surface area (Å²) in [6.07, 6.45) is 3.42. The molecule has 1 atom stereocenters. The monoisotopic (exact) mass is 231 g/mol. The summed E-state index contributed by atoms with van der Waals surface area (Å²) in [6, 6.07) is 4.89. The second kappa shape index (κ2) is 7.27. The molecule has 1 N–H and O–H groups in total. The number of nitrogens with one attached hydrogen (secondary N) is 1. The van der Waals surface area contributed by atoms with Crippen LogP contribution in [0.4, 0.5) is 0 Å². The lowest BCUT2D eigenvalue weighted by Gasteiger charge is -2.12. The molecule has 3 heteroatoms. The number of hydrogen-bond donors (Lipinski definition) is 1. The molecule has 1 heterocycles. The third-order valence-corrected chi connectivity index (χ3v) is 3.42. The third-order valence-electron chi connectivity index (χ3n) is 2.22. The number of hydrogen-bond acceptors (Lipinski definition) is 2. The quantitative estimate of drug-likeness (QED) is 0.711. The fourth-order valence-electron chi connectivity index (χ4n) is 1.38. The fourth-order valence-corrected chi connectivity index (χ4v) is 2.25. The Balaban J connectivity index is 2.03. The standard InChI is InChI=1S/C11H18ClNS/c1-10(4-2-7-12)13-8-6-11-5-3-9-14-11/h3,5,9-10,13H,2,4,6-8H2,1H3. The van der Waals surface area contributed by atoms with Gasteiger partial charge in [-0.3, -0.25) is 0 Å².